The van der Waals surface area contributed by atoms with Gasteiger partial charge in [-0.2, -0.15) is 0 Å². The maximum atomic E-state index is 11.7. The Morgan fingerprint density at radius 1 is 1.41 bits per heavy atom. The summed E-state index contributed by atoms with van der Waals surface area (Å²) >= 11 is 0. The summed E-state index contributed by atoms with van der Waals surface area (Å²) in [5.74, 6) is 0.326. The predicted octanol–water partition coefficient (Wildman–Crippen LogP) is 1.62. The van der Waals surface area contributed by atoms with Crippen LogP contribution in [0, 0.1) is 10.1 Å². The number of nitrogens with one attached hydrogen (secondary N) is 1. The SMILES string of the molecule is O=C(Nc1ccc([N+](=O)[O-])cn1)N1CCCC1. The molecule has 1 saturated heterocycles. The fraction of sp³-hybridized carbons (Fsp3) is 0.400. The van der Waals surface area contributed by atoms with Gasteiger partial charge in [-0.15, -0.1) is 0 Å². The lowest BCUT2D eigenvalue weighted by molar-refractivity contribution is -0.385. The standard InChI is InChI=1S/C10H12N4O3/c15-10(13-5-1-2-6-13)12-9-4-3-8(7-11-9)14(16)17/h3-4,7H,1-2,5-6H2,(H,11,12,15). The Labute approximate surface area is 97.6 Å². The van der Waals surface area contributed by atoms with Crippen molar-refractivity contribution < 1.29 is 9.72 Å². The second kappa shape index (κ2) is 4.77. The van der Waals surface area contributed by atoms with Crippen molar-refractivity contribution in [2.45, 2.75) is 12.8 Å². The number of urea groups is 1. The van der Waals surface area contributed by atoms with Gasteiger partial charge in [0.25, 0.3) is 5.69 Å². The first-order valence-electron chi connectivity index (χ1n) is 5.33. The summed E-state index contributed by atoms with van der Waals surface area (Å²) in [6.07, 6.45) is 3.15. The van der Waals surface area contributed by atoms with Crippen molar-refractivity contribution in [3.63, 3.8) is 0 Å². The number of aromatic nitrogens is 1. The van der Waals surface area contributed by atoms with Crippen LogP contribution in [0.3, 0.4) is 0 Å². The third kappa shape index (κ3) is 2.68. The molecule has 7 nitrogen and oxygen atoms in total. The molecule has 7 heteroatoms. The van der Waals surface area contributed by atoms with Gasteiger partial charge < -0.3 is 4.90 Å². The zero-order valence-electron chi connectivity index (χ0n) is 9.13. The van der Waals surface area contributed by atoms with Crippen molar-refractivity contribution in [1.29, 1.82) is 0 Å². The Morgan fingerprint density at radius 2 is 2.12 bits per heavy atom. The second-order valence-electron chi connectivity index (χ2n) is 3.78. The molecular weight excluding hydrogens is 224 g/mol. The second-order valence-corrected chi connectivity index (χ2v) is 3.78. The van der Waals surface area contributed by atoms with E-state index in [1.807, 2.05) is 0 Å². The third-order valence-electron chi connectivity index (χ3n) is 2.59. The van der Waals surface area contributed by atoms with E-state index in [1.165, 1.54) is 12.1 Å². The van der Waals surface area contributed by atoms with Gasteiger partial charge in [-0.25, -0.2) is 9.78 Å². The summed E-state index contributed by atoms with van der Waals surface area (Å²) in [5, 5.41) is 13.0. The number of nitro groups is 1. The summed E-state index contributed by atoms with van der Waals surface area (Å²) < 4.78 is 0. The number of pyridine rings is 1. The molecule has 0 saturated carbocycles. The van der Waals surface area contributed by atoms with Crippen molar-refractivity contribution in [3.8, 4) is 0 Å². The van der Waals surface area contributed by atoms with Crippen molar-refractivity contribution in [1.82, 2.24) is 9.88 Å². The number of hydrogen-bond acceptors (Lipinski definition) is 4. The first-order chi connectivity index (χ1) is 8.16. The first kappa shape index (κ1) is 11.3. The maximum Gasteiger partial charge on any atom is 0.323 e. The monoisotopic (exact) mass is 236 g/mol. The van der Waals surface area contributed by atoms with Crippen LogP contribution in [0.5, 0.6) is 0 Å². The van der Waals surface area contributed by atoms with Gasteiger partial charge in [0, 0.05) is 19.2 Å². The minimum Gasteiger partial charge on any atom is -0.324 e. The Morgan fingerprint density at radius 3 is 2.65 bits per heavy atom. The van der Waals surface area contributed by atoms with E-state index < -0.39 is 4.92 Å². The van der Waals surface area contributed by atoms with Gasteiger partial charge in [0.2, 0.25) is 0 Å². The molecule has 2 rings (SSSR count). The topological polar surface area (TPSA) is 88.4 Å². The number of amides is 2. The van der Waals surface area contributed by atoms with Crippen LogP contribution in [0.2, 0.25) is 0 Å². The van der Waals surface area contributed by atoms with Crippen LogP contribution >= 0.6 is 0 Å². The molecule has 0 aliphatic carbocycles. The lowest BCUT2D eigenvalue weighted by Gasteiger charge is -2.15. The summed E-state index contributed by atoms with van der Waals surface area (Å²) in [6.45, 7) is 1.50. The molecule has 0 spiro atoms. The van der Waals surface area contributed by atoms with Gasteiger partial charge in [0.05, 0.1) is 4.92 Å². The maximum absolute atomic E-state index is 11.7. The molecule has 1 aromatic heterocycles. The highest BCUT2D eigenvalue weighted by Gasteiger charge is 2.18. The Kier molecular flexibility index (Phi) is 3.17. The van der Waals surface area contributed by atoms with E-state index in [9.17, 15) is 14.9 Å². The zero-order chi connectivity index (χ0) is 12.3. The molecule has 0 atom stereocenters. The average Bonchev–Trinajstić information content (AvgIpc) is 2.83. The number of likely N-dealkylation sites (tertiary alicyclic amines) is 1. The van der Waals surface area contributed by atoms with E-state index in [-0.39, 0.29) is 11.7 Å². The van der Waals surface area contributed by atoms with Crippen LogP contribution in [-0.2, 0) is 0 Å². The highest BCUT2D eigenvalue weighted by atomic mass is 16.6. The fourth-order valence-corrected chi connectivity index (χ4v) is 1.68. The van der Waals surface area contributed by atoms with E-state index in [4.69, 9.17) is 0 Å². The lowest BCUT2D eigenvalue weighted by Crippen LogP contribution is -2.32. The van der Waals surface area contributed by atoms with E-state index in [1.54, 1.807) is 4.90 Å². The quantitative estimate of drug-likeness (QED) is 0.624. The molecule has 1 aliphatic heterocycles. The van der Waals surface area contributed by atoms with Crippen molar-refractivity contribution >= 4 is 17.5 Å². The number of nitrogens with zero attached hydrogens (tertiary/aromatic N) is 3. The van der Waals surface area contributed by atoms with E-state index in [0.717, 1.165) is 32.1 Å². The highest BCUT2D eigenvalue weighted by Crippen LogP contribution is 2.13. The molecule has 1 N–H and O–H groups in total. The molecule has 1 fully saturated rings. The normalized spacial score (nSPS) is 14.7. The molecule has 1 aliphatic rings. The number of rotatable bonds is 2. The van der Waals surface area contributed by atoms with Crippen LogP contribution < -0.4 is 5.32 Å². The van der Waals surface area contributed by atoms with Gasteiger partial charge in [0.15, 0.2) is 0 Å². The minimum atomic E-state index is -0.529. The summed E-state index contributed by atoms with van der Waals surface area (Å²) in [6, 6.07) is 2.53. The highest BCUT2D eigenvalue weighted by molar-refractivity contribution is 5.88. The zero-order valence-corrected chi connectivity index (χ0v) is 9.13. The van der Waals surface area contributed by atoms with Gasteiger partial charge in [-0.05, 0) is 18.9 Å². The number of carbonyl (C=O) groups is 1. The van der Waals surface area contributed by atoms with Crippen molar-refractivity contribution in [2.24, 2.45) is 0 Å². The molecule has 0 aromatic carbocycles. The minimum absolute atomic E-state index is 0.0934. The molecule has 1 aromatic rings. The number of carbonyl (C=O) groups excluding carboxylic acids is 1. The fourth-order valence-electron chi connectivity index (χ4n) is 1.68. The molecule has 0 radical (unpaired) electrons. The van der Waals surface area contributed by atoms with Crippen molar-refractivity contribution in [2.75, 3.05) is 18.4 Å². The number of anilines is 1. The Hall–Kier alpha value is -2.18. The molecule has 2 amide bonds. The summed E-state index contributed by atoms with van der Waals surface area (Å²) in [7, 11) is 0. The van der Waals surface area contributed by atoms with Gasteiger partial charge in [0.1, 0.15) is 12.0 Å². The number of hydrogen-bond donors (Lipinski definition) is 1. The molecular formula is C10H12N4O3. The summed E-state index contributed by atoms with van der Waals surface area (Å²) in [5.41, 5.74) is -0.0934. The molecule has 17 heavy (non-hydrogen) atoms. The average molecular weight is 236 g/mol. The van der Waals surface area contributed by atoms with Crippen molar-refractivity contribution in [3.05, 3.63) is 28.4 Å². The van der Waals surface area contributed by atoms with E-state index >= 15 is 0 Å². The largest absolute Gasteiger partial charge is 0.324 e. The predicted molar refractivity (Wildman–Crippen MR) is 60.7 cm³/mol. The molecule has 90 valence electrons. The van der Waals surface area contributed by atoms with Gasteiger partial charge >= 0.3 is 6.03 Å². The first-order valence-corrected chi connectivity index (χ1v) is 5.33. The van der Waals surface area contributed by atoms with E-state index in [0.29, 0.717) is 5.82 Å². The Balaban J connectivity index is 1.98. The van der Waals surface area contributed by atoms with E-state index in [2.05, 4.69) is 10.3 Å². The van der Waals surface area contributed by atoms with Crippen LogP contribution in [0.25, 0.3) is 0 Å². The van der Waals surface area contributed by atoms with Crippen LogP contribution in [0.15, 0.2) is 18.3 Å². The Bertz CT molecular complexity index is 426. The summed E-state index contributed by atoms with van der Waals surface area (Å²) in [4.78, 5) is 27.1. The molecule has 2 heterocycles. The van der Waals surface area contributed by atoms with Crippen LogP contribution in [0.1, 0.15) is 12.8 Å². The third-order valence-corrected chi connectivity index (χ3v) is 2.59. The van der Waals surface area contributed by atoms with Gasteiger partial charge in [-0.1, -0.05) is 0 Å². The lowest BCUT2D eigenvalue weighted by atomic mass is 10.4. The van der Waals surface area contributed by atoms with Crippen LogP contribution in [-0.4, -0.2) is 33.9 Å². The van der Waals surface area contributed by atoms with Crippen LogP contribution in [0.4, 0.5) is 16.3 Å². The molecule has 0 unspecified atom stereocenters. The molecule has 0 bridgehead atoms. The van der Waals surface area contributed by atoms with Gasteiger partial charge in [-0.3, -0.25) is 15.4 Å². The smallest absolute Gasteiger partial charge is 0.323 e.